The number of fused-ring (bicyclic) bond motifs is 1. The van der Waals surface area contributed by atoms with Gasteiger partial charge in [-0.15, -0.1) is 11.3 Å². The Labute approximate surface area is 119 Å². The Bertz CT molecular complexity index is 642. The SMILES string of the molecule is O=C(/C=C/c1ccc(F)cc1)Nc1nc2c(s1)CNC2. The fourth-order valence-corrected chi connectivity index (χ4v) is 2.85. The van der Waals surface area contributed by atoms with E-state index in [0.717, 1.165) is 24.3 Å². The lowest BCUT2D eigenvalue weighted by Gasteiger charge is -1.97. The summed E-state index contributed by atoms with van der Waals surface area (Å²) in [6.07, 6.45) is 3.05. The molecule has 1 aliphatic heterocycles. The van der Waals surface area contributed by atoms with E-state index in [1.54, 1.807) is 18.2 Å². The maximum Gasteiger partial charge on any atom is 0.250 e. The van der Waals surface area contributed by atoms with Crippen LogP contribution in [0.1, 0.15) is 16.1 Å². The molecule has 1 aromatic heterocycles. The quantitative estimate of drug-likeness (QED) is 0.854. The fraction of sp³-hybridized carbons (Fsp3) is 0.143. The largest absolute Gasteiger partial charge is 0.306 e. The molecule has 6 heteroatoms. The molecule has 2 aromatic rings. The van der Waals surface area contributed by atoms with Gasteiger partial charge in [-0.3, -0.25) is 10.1 Å². The summed E-state index contributed by atoms with van der Waals surface area (Å²) >= 11 is 1.48. The molecule has 0 fully saturated rings. The van der Waals surface area contributed by atoms with E-state index in [0.29, 0.717) is 5.13 Å². The van der Waals surface area contributed by atoms with Crippen molar-refractivity contribution in [2.75, 3.05) is 5.32 Å². The molecule has 20 heavy (non-hydrogen) atoms. The molecule has 1 aromatic carbocycles. The maximum absolute atomic E-state index is 12.7. The Balaban J connectivity index is 1.62. The number of halogens is 1. The molecule has 3 rings (SSSR count). The van der Waals surface area contributed by atoms with Gasteiger partial charge in [0, 0.05) is 24.0 Å². The average molecular weight is 289 g/mol. The van der Waals surface area contributed by atoms with Crippen molar-refractivity contribution in [3.8, 4) is 0 Å². The molecule has 2 N–H and O–H groups in total. The summed E-state index contributed by atoms with van der Waals surface area (Å²) in [6.45, 7) is 1.57. The van der Waals surface area contributed by atoms with Gasteiger partial charge in [-0.2, -0.15) is 0 Å². The van der Waals surface area contributed by atoms with Crippen molar-refractivity contribution in [2.45, 2.75) is 13.1 Å². The molecule has 0 saturated carbocycles. The molecular weight excluding hydrogens is 277 g/mol. The Morgan fingerprint density at radius 3 is 2.90 bits per heavy atom. The van der Waals surface area contributed by atoms with Crippen LogP contribution in [0.15, 0.2) is 30.3 Å². The number of amides is 1. The summed E-state index contributed by atoms with van der Waals surface area (Å²) < 4.78 is 12.7. The third-order valence-corrected chi connectivity index (χ3v) is 3.90. The van der Waals surface area contributed by atoms with Crippen molar-refractivity contribution in [3.05, 3.63) is 52.3 Å². The van der Waals surface area contributed by atoms with Crippen LogP contribution in [0, 0.1) is 5.82 Å². The van der Waals surface area contributed by atoms with Crippen LogP contribution in [0.25, 0.3) is 6.08 Å². The average Bonchev–Trinajstić information content (AvgIpc) is 2.99. The van der Waals surface area contributed by atoms with Gasteiger partial charge in [0.25, 0.3) is 0 Å². The number of benzene rings is 1. The highest BCUT2D eigenvalue weighted by Crippen LogP contribution is 2.26. The van der Waals surface area contributed by atoms with Crippen LogP contribution in [-0.2, 0) is 17.9 Å². The van der Waals surface area contributed by atoms with Gasteiger partial charge in [0.05, 0.1) is 5.69 Å². The molecule has 102 valence electrons. The lowest BCUT2D eigenvalue weighted by atomic mass is 10.2. The summed E-state index contributed by atoms with van der Waals surface area (Å²) in [7, 11) is 0. The molecule has 2 heterocycles. The summed E-state index contributed by atoms with van der Waals surface area (Å²) in [6, 6.07) is 5.94. The first-order valence-electron chi connectivity index (χ1n) is 6.14. The monoisotopic (exact) mass is 289 g/mol. The second-order valence-electron chi connectivity index (χ2n) is 4.37. The van der Waals surface area contributed by atoms with Gasteiger partial charge < -0.3 is 5.32 Å². The highest BCUT2D eigenvalue weighted by molar-refractivity contribution is 7.15. The zero-order valence-corrected chi connectivity index (χ0v) is 11.3. The molecule has 0 radical (unpaired) electrons. The molecule has 4 nitrogen and oxygen atoms in total. The van der Waals surface area contributed by atoms with Crippen LogP contribution < -0.4 is 10.6 Å². The first kappa shape index (κ1) is 13.0. The second-order valence-corrected chi connectivity index (χ2v) is 5.45. The number of nitrogens with zero attached hydrogens (tertiary/aromatic N) is 1. The number of aromatic nitrogens is 1. The molecule has 1 aliphatic rings. The van der Waals surface area contributed by atoms with Crippen LogP contribution >= 0.6 is 11.3 Å². The summed E-state index contributed by atoms with van der Waals surface area (Å²) in [5.74, 6) is -0.535. The van der Waals surface area contributed by atoms with Crippen LogP contribution in [0.3, 0.4) is 0 Å². The lowest BCUT2D eigenvalue weighted by molar-refractivity contribution is -0.111. The van der Waals surface area contributed by atoms with E-state index in [4.69, 9.17) is 0 Å². The number of anilines is 1. The van der Waals surface area contributed by atoms with E-state index in [2.05, 4.69) is 15.6 Å². The minimum absolute atomic E-state index is 0.241. The zero-order chi connectivity index (χ0) is 13.9. The topological polar surface area (TPSA) is 54.0 Å². The fourth-order valence-electron chi connectivity index (χ4n) is 1.90. The Morgan fingerprint density at radius 2 is 2.15 bits per heavy atom. The molecule has 0 spiro atoms. The highest BCUT2D eigenvalue weighted by Gasteiger charge is 2.16. The molecular formula is C14H12FN3OS. The Morgan fingerprint density at radius 1 is 1.35 bits per heavy atom. The maximum atomic E-state index is 12.7. The minimum atomic E-state index is -0.294. The molecule has 0 saturated heterocycles. The Hall–Kier alpha value is -2.05. The lowest BCUT2D eigenvalue weighted by Crippen LogP contribution is -2.08. The number of thiazole rings is 1. The summed E-state index contributed by atoms with van der Waals surface area (Å²) in [4.78, 5) is 17.3. The van der Waals surface area contributed by atoms with E-state index in [1.165, 1.54) is 34.4 Å². The number of hydrogen-bond acceptors (Lipinski definition) is 4. The Kier molecular flexibility index (Phi) is 3.58. The van der Waals surface area contributed by atoms with E-state index >= 15 is 0 Å². The van der Waals surface area contributed by atoms with Gasteiger partial charge in [0.1, 0.15) is 5.82 Å². The van der Waals surface area contributed by atoms with Crippen molar-refractivity contribution in [1.29, 1.82) is 0 Å². The first-order valence-corrected chi connectivity index (χ1v) is 6.96. The van der Waals surface area contributed by atoms with E-state index in [1.807, 2.05) is 0 Å². The predicted molar refractivity (Wildman–Crippen MR) is 76.7 cm³/mol. The zero-order valence-electron chi connectivity index (χ0n) is 10.5. The summed E-state index contributed by atoms with van der Waals surface area (Å²) in [5.41, 5.74) is 1.78. The van der Waals surface area contributed by atoms with Gasteiger partial charge in [-0.25, -0.2) is 9.37 Å². The van der Waals surface area contributed by atoms with E-state index in [9.17, 15) is 9.18 Å². The van der Waals surface area contributed by atoms with Crippen molar-refractivity contribution in [3.63, 3.8) is 0 Å². The van der Waals surface area contributed by atoms with Gasteiger partial charge in [-0.1, -0.05) is 12.1 Å². The molecule has 0 unspecified atom stereocenters. The van der Waals surface area contributed by atoms with Crippen molar-refractivity contribution in [2.24, 2.45) is 0 Å². The normalized spacial score (nSPS) is 13.7. The minimum Gasteiger partial charge on any atom is -0.306 e. The van der Waals surface area contributed by atoms with Gasteiger partial charge in [0.15, 0.2) is 5.13 Å². The third-order valence-electron chi connectivity index (χ3n) is 2.88. The molecule has 0 bridgehead atoms. The van der Waals surface area contributed by atoms with E-state index in [-0.39, 0.29) is 11.7 Å². The van der Waals surface area contributed by atoms with Crippen LogP contribution in [0.4, 0.5) is 9.52 Å². The van der Waals surface area contributed by atoms with Crippen molar-refractivity contribution < 1.29 is 9.18 Å². The molecule has 1 amide bonds. The molecule has 0 atom stereocenters. The number of carbonyl (C=O) groups excluding carboxylic acids is 1. The highest BCUT2D eigenvalue weighted by atomic mass is 32.1. The standard InChI is InChI=1S/C14H12FN3OS/c15-10-4-1-9(2-5-10)3-6-13(19)18-14-17-11-7-16-8-12(11)20-14/h1-6,16H,7-8H2,(H,17,18,19)/b6-3+. The number of carbonyl (C=O) groups is 1. The van der Waals surface area contributed by atoms with Crippen LogP contribution in [-0.4, -0.2) is 10.9 Å². The number of hydrogen-bond donors (Lipinski definition) is 2. The first-order chi connectivity index (χ1) is 9.70. The van der Waals surface area contributed by atoms with Crippen LogP contribution in [0.2, 0.25) is 0 Å². The second kappa shape index (κ2) is 5.52. The van der Waals surface area contributed by atoms with E-state index < -0.39 is 0 Å². The predicted octanol–water partition coefficient (Wildman–Crippen LogP) is 2.54. The molecule has 0 aliphatic carbocycles. The number of nitrogens with one attached hydrogen (secondary N) is 2. The van der Waals surface area contributed by atoms with Gasteiger partial charge in [0.2, 0.25) is 5.91 Å². The van der Waals surface area contributed by atoms with Crippen LogP contribution in [0.5, 0.6) is 0 Å². The summed E-state index contributed by atoms with van der Waals surface area (Å²) in [5, 5.41) is 6.54. The van der Waals surface area contributed by atoms with Gasteiger partial charge in [-0.05, 0) is 23.8 Å². The van der Waals surface area contributed by atoms with Gasteiger partial charge >= 0.3 is 0 Å². The number of rotatable bonds is 3. The van der Waals surface area contributed by atoms with Crippen molar-refractivity contribution in [1.82, 2.24) is 10.3 Å². The van der Waals surface area contributed by atoms with Crippen molar-refractivity contribution >= 4 is 28.5 Å². The third kappa shape index (κ3) is 2.92. The smallest absolute Gasteiger partial charge is 0.250 e.